The van der Waals surface area contributed by atoms with E-state index in [9.17, 15) is 9.59 Å². The van der Waals surface area contributed by atoms with Crippen molar-refractivity contribution in [2.45, 2.75) is 59.3 Å². The normalized spacial score (nSPS) is 10.8. The number of quaternary nitrogens is 1. The highest BCUT2D eigenvalue weighted by molar-refractivity contribution is 6.04. The van der Waals surface area contributed by atoms with Crippen molar-refractivity contribution in [1.82, 2.24) is 0 Å². The molecular formula is C30H47N2O5+. The van der Waals surface area contributed by atoms with Crippen LogP contribution in [0, 0.1) is 0 Å². The number of amides is 1. The fraction of sp³-hybridized carbons (Fsp3) is 0.533. The summed E-state index contributed by atoms with van der Waals surface area (Å²) in [7, 11) is 3.16. The first-order valence-corrected chi connectivity index (χ1v) is 13.5. The maximum absolute atomic E-state index is 12.6. The molecule has 0 saturated heterocycles. The van der Waals surface area contributed by atoms with Gasteiger partial charge in [-0.15, -0.1) is 0 Å². The van der Waals surface area contributed by atoms with Crippen LogP contribution in [0.15, 0.2) is 48.5 Å². The zero-order valence-corrected chi connectivity index (χ0v) is 23.4. The summed E-state index contributed by atoms with van der Waals surface area (Å²) >= 11 is 0. The third kappa shape index (κ3) is 12.3. The number of aliphatic hydroxyl groups excluding tert-OH is 1. The zero-order chi connectivity index (χ0) is 27.5. The number of hydrogen-bond donors (Lipinski definition) is 2. The number of hydrogen-bond acceptors (Lipinski definition) is 5. The molecule has 1 amide bonds. The molecule has 0 saturated carbocycles. The average Bonchev–Trinajstić information content (AvgIpc) is 2.94. The number of carbonyl (C=O) groups excluding carboxylic acids is 2. The van der Waals surface area contributed by atoms with Crippen molar-refractivity contribution in [2.75, 3.05) is 52.3 Å². The highest BCUT2D eigenvalue weighted by atomic mass is 16.5. The van der Waals surface area contributed by atoms with E-state index in [1.807, 2.05) is 12.1 Å². The number of benzene rings is 2. The monoisotopic (exact) mass is 515 g/mol. The molecule has 7 heteroatoms. The van der Waals surface area contributed by atoms with Gasteiger partial charge in [0.15, 0.2) is 0 Å². The number of anilines is 1. The number of likely N-dealkylation sites (N-methyl/N-ethyl adjacent to an activating group) is 1. The largest absolute Gasteiger partial charge is 0.494 e. The van der Waals surface area contributed by atoms with E-state index in [0.717, 1.165) is 43.4 Å². The smallest absolute Gasteiger partial charge is 0.338 e. The van der Waals surface area contributed by atoms with Crippen molar-refractivity contribution in [3.63, 3.8) is 0 Å². The SMILES string of the molecule is CCCCCCCCOc1ccc(C(=O)Nc2ccc(C(=O)OCC[N+](C)(CC)CC)cc2)cc1.CO. The number of esters is 1. The molecule has 37 heavy (non-hydrogen) atoms. The number of nitrogens with one attached hydrogen (secondary N) is 1. The Bertz CT molecular complexity index is 893. The summed E-state index contributed by atoms with van der Waals surface area (Å²) in [5.41, 5.74) is 1.64. The second-order valence-corrected chi connectivity index (χ2v) is 9.28. The van der Waals surface area contributed by atoms with Gasteiger partial charge in [0.1, 0.15) is 18.9 Å². The number of ether oxygens (including phenoxy) is 2. The van der Waals surface area contributed by atoms with E-state index in [0.29, 0.717) is 30.0 Å². The first-order chi connectivity index (χ1) is 17.9. The van der Waals surface area contributed by atoms with Crippen molar-refractivity contribution < 1.29 is 28.7 Å². The molecule has 0 radical (unpaired) electrons. The molecule has 0 aliphatic heterocycles. The molecule has 0 spiro atoms. The van der Waals surface area contributed by atoms with Gasteiger partial charge in [-0.2, -0.15) is 0 Å². The molecule has 206 valence electrons. The minimum atomic E-state index is -0.349. The van der Waals surface area contributed by atoms with Gasteiger partial charge in [-0.05, 0) is 68.8 Å². The Morgan fingerprint density at radius 2 is 1.35 bits per heavy atom. The lowest BCUT2D eigenvalue weighted by atomic mass is 10.1. The summed E-state index contributed by atoms with van der Waals surface area (Å²) in [5.74, 6) is 0.215. The molecule has 2 N–H and O–H groups in total. The maximum atomic E-state index is 12.6. The van der Waals surface area contributed by atoms with Crippen LogP contribution in [0.2, 0.25) is 0 Å². The standard InChI is InChI=1S/C29H42N2O4.CH4O/c1-5-8-9-10-11-12-22-34-27-19-15-24(16-20-27)28(32)30-26-17-13-25(14-18-26)29(33)35-23-21-31(4,6-2)7-3;1-2/h13-20H,5-12,21-23H2,1-4H3;2H,1H3/p+1. The summed E-state index contributed by atoms with van der Waals surface area (Å²) in [6.07, 6.45) is 7.35. The van der Waals surface area contributed by atoms with Crippen LogP contribution < -0.4 is 10.1 Å². The Morgan fingerprint density at radius 1 is 0.784 bits per heavy atom. The third-order valence-electron chi connectivity index (χ3n) is 6.65. The molecule has 0 heterocycles. The fourth-order valence-corrected chi connectivity index (χ4v) is 3.65. The number of aliphatic hydroxyl groups is 1. The van der Waals surface area contributed by atoms with Gasteiger partial charge in [-0.3, -0.25) is 4.79 Å². The van der Waals surface area contributed by atoms with E-state index in [-0.39, 0.29) is 11.9 Å². The first kappa shape index (κ1) is 32.1. The first-order valence-electron chi connectivity index (χ1n) is 13.5. The Morgan fingerprint density at radius 3 is 1.95 bits per heavy atom. The minimum Gasteiger partial charge on any atom is -0.494 e. The predicted molar refractivity (Wildman–Crippen MR) is 150 cm³/mol. The average molecular weight is 516 g/mol. The van der Waals surface area contributed by atoms with Gasteiger partial charge in [0, 0.05) is 18.4 Å². The number of nitrogens with zero attached hydrogens (tertiary/aromatic N) is 1. The van der Waals surface area contributed by atoms with Crippen LogP contribution in [0.25, 0.3) is 0 Å². The van der Waals surface area contributed by atoms with Crippen molar-refractivity contribution in [1.29, 1.82) is 0 Å². The van der Waals surface area contributed by atoms with Gasteiger partial charge >= 0.3 is 5.97 Å². The molecular weight excluding hydrogens is 468 g/mol. The van der Waals surface area contributed by atoms with E-state index >= 15 is 0 Å². The highest BCUT2D eigenvalue weighted by Gasteiger charge is 2.17. The van der Waals surface area contributed by atoms with Gasteiger partial charge in [0.2, 0.25) is 0 Å². The highest BCUT2D eigenvalue weighted by Crippen LogP contribution is 2.16. The van der Waals surface area contributed by atoms with E-state index in [1.165, 1.54) is 32.1 Å². The number of rotatable bonds is 16. The summed E-state index contributed by atoms with van der Waals surface area (Å²) in [4.78, 5) is 24.9. The lowest BCUT2D eigenvalue weighted by Gasteiger charge is -2.31. The third-order valence-corrected chi connectivity index (χ3v) is 6.65. The van der Waals surface area contributed by atoms with Gasteiger partial charge < -0.3 is 24.4 Å². The quantitative estimate of drug-likeness (QED) is 0.164. The van der Waals surface area contributed by atoms with Gasteiger partial charge in [0.25, 0.3) is 5.91 Å². The molecule has 2 rings (SSSR count). The molecule has 0 fully saturated rings. The summed E-state index contributed by atoms with van der Waals surface area (Å²) < 4.78 is 12.1. The molecule has 0 unspecified atom stereocenters. The van der Waals surface area contributed by atoms with Gasteiger partial charge in [0.05, 0.1) is 32.3 Å². The lowest BCUT2D eigenvalue weighted by Crippen LogP contribution is -2.46. The Kier molecular flexibility index (Phi) is 15.9. The summed E-state index contributed by atoms with van der Waals surface area (Å²) in [6, 6.07) is 13.9. The molecule has 0 aromatic heterocycles. The molecule has 2 aromatic carbocycles. The van der Waals surface area contributed by atoms with E-state index < -0.39 is 0 Å². The topological polar surface area (TPSA) is 84.9 Å². The van der Waals surface area contributed by atoms with Crippen LogP contribution in [-0.2, 0) is 4.74 Å². The Hall–Kier alpha value is -2.90. The van der Waals surface area contributed by atoms with Crippen LogP contribution in [0.1, 0.15) is 80.0 Å². The molecule has 0 aliphatic rings. The molecule has 0 aliphatic carbocycles. The van der Waals surface area contributed by atoms with Gasteiger partial charge in [-0.1, -0.05) is 39.0 Å². The van der Waals surface area contributed by atoms with Crippen LogP contribution in [0.5, 0.6) is 5.75 Å². The second-order valence-electron chi connectivity index (χ2n) is 9.28. The van der Waals surface area contributed by atoms with Gasteiger partial charge in [-0.25, -0.2) is 4.79 Å². The molecule has 0 bridgehead atoms. The maximum Gasteiger partial charge on any atom is 0.338 e. The van der Waals surface area contributed by atoms with Crippen molar-refractivity contribution in [3.05, 3.63) is 59.7 Å². The predicted octanol–water partition coefficient (Wildman–Crippen LogP) is 5.93. The summed E-state index contributed by atoms with van der Waals surface area (Å²) in [5, 5.41) is 9.86. The number of carbonyl (C=O) groups is 2. The van der Waals surface area contributed by atoms with E-state index in [1.54, 1.807) is 36.4 Å². The van der Waals surface area contributed by atoms with Crippen molar-refractivity contribution in [2.24, 2.45) is 0 Å². The van der Waals surface area contributed by atoms with E-state index in [2.05, 4.69) is 33.1 Å². The van der Waals surface area contributed by atoms with E-state index in [4.69, 9.17) is 14.6 Å². The van der Waals surface area contributed by atoms with Crippen LogP contribution in [0.3, 0.4) is 0 Å². The van der Waals surface area contributed by atoms with Crippen LogP contribution >= 0.6 is 0 Å². The molecule has 7 nitrogen and oxygen atoms in total. The Balaban J connectivity index is 0.00000334. The van der Waals surface area contributed by atoms with Crippen LogP contribution in [-0.4, -0.2) is 68.5 Å². The molecule has 0 atom stereocenters. The minimum absolute atomic E-state index is 0.209. The molecule has 2 aromatic rings. The van der Waals surface area contributed by atoms with Crippen molar-refractivity contribution >= 4 is 17.6 Å². The van der Waals surface area contributed by atoms with Crippen molar-refractivity contribution in [3.8, 4) is 5.75 Å². The zero-order valence-electron chi connectivity index (χ0n) is 23.4. The summed E-state index contributed by atoms with van der Waals surface area (Å²) in [6.45, 7) is 10.4. The Labute approximate surface area is 223 Å². The lowest BCUT2D eigenvalue weighted by molar-refractivity contribution is -0.906. The fourth-order valence-electron chi connectivity index (χ4n) is 3.65. The second kappa shape index (κ2) is 18.4. The number of unbranched alkanes of at least 4 members (excludes halogenated alkanes) is 5. The van der Waals surface area contributed by atoms with Crippen LogP contribution in [0.4, 0.5) is 5.69 Å².